The topological polar surface area (TPSA) is 66.5 Å². The number of sulfone groups is 1. The maximum absolute atomic E-state index is 12.7. The van der Waals surface area contributed by atoms with Gasteiger partial charge < -0.3 is 10.2 Å². The summed E-state index contributed by atoms with van der Waals surface area (Å²) in [5.41, 5.74) is 0.436. The fourth-order valence-corrected chi connectivity index (χ4v) is 3.36. The summed E-state index contributed by atoms with van der Waals surface area (Å²) < 4.78 is 23.2. The van der Waals surface area contributed by atoms with Crippen LogP contribution in [0, 0.1) is 0 Å². The van der Waals surface area contributed by atoms with E-state index >= 15 is 0 Å². The number of carbonyl (C=O) groups excluding carboxylic acids is 1. The molecule has 1 aromatic carbocycles. The van der Waals surface area contributed by atoms with E-state index in [4.69, 9.17) is 0 Å². The summed E-state index contributed by atoms with van der Waals surface area (Å²) in [6.07, 6.45) is 3.19. The number of benzene rings is 1. The number of rotatable bonds is 4. The maximum atomic E-state index is 12.7. The second-order valence-corrected chi connectivity index (χ2v) is 7.41. The van der Waals surface area contributed by atoms with Gasteiger partial charge >= 0.3 is 0 Å². The van der Waals surface area contributed by atoms with E-state index in [0.29, 0.717) is 12.1 Å². The van der Waals surface area contributed by atoms with E-state index in [1.807, 2.05) is 11.8 Å². The van der Waals surface area contributed by atoms with Gasteiger partial charge in [0.2, 0.25) is 0 Å². The molecular weight excluding hydrogens is 288 g/mol. The Morgan fingerprint density at radius 3 is 2.76 bits per heavy atom. The van der Waals surface area contributed by atoms with Crippen LogP contribution in [0.15, 0.2) is 29.2 Å². The molecule has 1 aliphatic rings. The van der Waals surface area contributed by atoms with Crippen molar-refractivity contribution in [2.24, 2.45) is 0 Å². The number of amides is 1. The van der Waals surface area contributed by atoms with E-state index in [1.54, 1.807) is 12.1 Å². The minimum absolute atomic E-state index is 0.100. The van der Waals surface area contributed by atoms with Crippen molar-refractivity contribution < 1.29 is 13.2 Å². The zero-order chi connectivity index (χ0) is 15.5. The van der Waals surface area contributed by atoms with Crippen molar-refractivity contribution in [1.29, 1.82) is 0 Å². The third-order valence-corrected chi connectivity index (χ3v) is 4.93. The second-order valence-electron chi connectivity index (χ2n) is 5.39. The lowest BCUT2D eigenvalue weighted by Crippen LogP contribution is -2.48. The zero-order valence-corrected chi connectivity index (χ0v) is 13.3. The van der Waals surface area contributed by atoms with E-state index in [2.05, 4.69) is 5.32 Å². The fourth-order valence-electron chi connectivity index (χ4n) is 2.69. The van der Waals surface area contributed by atoms with Gasteiger partial charge in [-0.05, 0) is 44.5 Å². The molecule has 116 valence electrons. The summed E-state index contributed by atoms with van der Waals surface area (Å²) in [7, 11) is -3.30. The lowest BCUT2D eigenvalue weighted by molar-refractivity contribution is 0.0662. The number of hydrogen-bond acceptors (Lipinski definition) is 4. The Morgan fingerprint density at radius 1 is 1.43 bits per heavy atom. The van der Waals surface area contributed by atoms with Crippen LogP contribution in [0.5, 0.6) is 0 Å². The number of piperidine rings is 1. The Hall–Kier alpha value is -1.40. The van der Waals surface area contributed by atoms with E-state index in [9.17, 15) is 13.2 Å². The van der Waals surface area contributed by atoms with Crippen molar-refractivity contribution in [3.05, 3.63) is 29.8 Å². The zero-order valence-electron chi connectivity index (χ0n) is 12.5. The fraction of sp³-hybridized carbons (Fsp3) is 0.533. The van der Waals surface area contributed by atoms with Gasteiger partial charge in [-0.25, -0.2) is 8.42 Å². The molecule has 1 atom stereocenters. The van der Waals surface area contributed by atoms with Crippen molar-refractivity contribution >= 4 is 15.7 Å². The highest BCUT2D eigenvalue weighted by Crippen LogP contribution is 2.17. The third-order valence-electron chi connectivity index (χ3n) is 3.82. The Kier molecular flexibility index (Phi) is 5.00. The quantitative estimate of drug-likeness (QED) is 0.910. The third kappa shape index (κ3) is 3.83. The van der Waals surface area contributed by atoms with Crippen LogP contribution in [0.25, 0.3) is 0 Å². The molecule has 1 N–H and O–H groups in total. The van der Waals surface area contributed by atoms with E-state index in [1.165, 1.54) is 12.1 Å². The molecule has 0 aliphatic carbocycles. The number of nitrogens with zero attached hydrogens (tertiary/aromatic N) is 1. The van der Waals surface area contributed by atoms with Crippen LogP contribution >= 0.6 is 0 Å². The molecular formula is C15H22N2O3S. The van der Waals surface area contributed by atoms with Gasteiger partial charge in [0.15, 0.2) is 9.84 Å². The molecule has 1 aromatic rings. The van der Waals surface area contributed by atoms with Crippen molar-refractivity contribution in [1.82, 2.24) is 10.2 Å². The first-order valence-electron chi connectivity index (χ1n) is 7.25. The highest BCUT2D eigenvalue weighted by Gasteiger charge is 2.25. The SMILES string of the molecule is CCN(C(=O)c1cccc(S(C)(=O)=O)c1)C1CCCNC1. The first-order valence-corrected chi connectivity index (χ1v) is 9.14. The molecule has 5 nitrogen and oxygen atoms in total. The Morgan fingerprint density at radius 2 is 2.19 bits per heavy atom. The predicted molar refractivity (Wildman–Crippen MR) is 82.2 cm³/mol. The first-order chi connectivity index (χ1) is 9.93. The second kappa shape index (κ2) is 6.58. The molecule has 0 bridgehead atoms. The summed E-state index contributed by atoms with van der Waals surface area (Å²) in [5.74, 6) is -0.100. The molecule has 6 heteroatoms. The monoisotopic (exact) mass is 310 g/mol. The van der Waals surface area contributed by atoms with E-state index in [0.717, 1.165) is 32.2 Å². The molecule has 0 spiro atoms. The van der Waals surface area contributed by atoms with Gasteiger partial charge in [0.05, 0.1) is 4.90 Å². The summed E-state index contributed by atoms with van der Waals surface area (Å²) >= 11 is 0. The van der Waals surface area contributed by atoms with Gasteiger partial charge in [-0.15, -0.1) is 0 Å². The minimum atomic E-state index is -3.30. The van der Waals surface area contributed by atoms with Crippen molar-refractivity contribution in [2.45, 2.75) is 30.7 Å². The number of likely N-dealkylation sites (N-methyl/N-ethyl adjacent to an activating group) is 1. The molecule has 1 aliphatic heterocycles. The highest BCUT2D eigenvalue weighted by molar-refractivity contribution is 7.90. The van der Waals surface area contributed by atoms with E-state index < -0.39 is 9.84 Å². The van der Waals surface area contributed by atoms with Gasteiger partial charge in [0, 0.05) is 31.0 Å². The first kappa shape index (κ1) is 16.0. The van der Waals surface area contributed by atoms with Crippen molar-refractivity contribution in [3.8, 4) is 0 Å². The van der Waals surface area contributed by atoms with Crippen LogP contribution in [0.4, 0.5) is 0 Å². The van der Waals surface area contributed by atoms with Gasteiger partial charge in [0.25, 0.3) is 5.91 Å². The molecule has 2 rings (SSSR count). The summed E-state index contributed by atoms with van der Waals surface area (Å²) in [6.45, 7) is 4.36. The number of carbonyl (C=O) groups is 1. The average molecular weight is 310 g/mol. The molecule has 1 amide bonds. The number of nitrogens with one attached hydrogen (secondary N) is 1. The Labute approximate surface area is 126 Å². The van der Waals surface area contributed by atoms with Gasteiger partial charge in [-0.2, -0.15) is 0 Å². The van der Waals surface area contributed by atoms with Crippen LogP contribution in [0.2, 0.25) is 0 Å². The lowest BCUT2D eigenvalue weighted by atomic mass is 10.0. The van der Waals surface area contributed by atoms with Crippen molar-refractivity contribution in [3.63, 3.8) is 0 Å². The summed E-state index contributed by atoms with van der Waals surface area (Å²) in [6, 6.07) is 6.46. The molecule has 0 aromatic heterocycles. The van der Waals surface area contributed by atoms with E-state index in [-0.39, 0.29) is 16.8 Å². The predicted octanol–water partition coefficient (Wildman–Crippen LogP) is 1.30. The van der Waals surface area contributed by atoms with Crippen LogP contribution < -0.4 is 5.32 Å². The number of hydrogen-bond donors (Lipinski definition) is 1. The molecule has 1 saturated heterocycles. The van der Waals surface area contributed by atoms with Crippen LogP contribution in [-0.2, 0) is 9.84 Å². The summed E-state index contributed by atoms with van der Waals surface area (Å²) in [5, 5.41) is 3.30. The normalized spacial score (nSPS) is 19.2. The maximum Gasteiger partial charge on any atom is 0.254 e. The molecule has 0 saturated carbocycles. The van der Waals surface area contributed by atoms with Gasteiger partial charge in [-0.3, -0.25) is 4.79 Å². The van der Waals surface area contributed by atoms with Crippen LogP contribution in [0.1, 0.15) is 30.1 Å². The Bertz CT molecular complexity index is 607. The molecule has 1 unspecified atom stereocenters. The van der Waals surface area contributed by atoms with Gasteiger partial charge in [0.1, 0.15) is 0 Å². The highest BCUT2D eigenvalue weighted by atomic mass is 32.2. The standard InChI is InChI=1S/C15H22N2O3S/c1-3-17(13-7-5-9-16-11-13)15(18)12-6-4-8-14(10-12)21(2,19)20/h4,6,8,10,13,16H,3,5,7,9,11H2,1-2H3. The molecule has 0 radical (unpaired) electrons. The largest absolute Gasteiger partial charge is 0.335 e. The Balaban J connectivity index is 2.25. The lowest BCUT2D eigenvalue weighted by Gasteiger charge is -2.34. The molecule has 21 heavy (non-hydrogen) atoms. The smallest absolute Gasteiger partial charge is 0.254 e. The van der Waals surface area contributed by atoms with Crippen LogP contribution in [0.3, 0.4) is 0 Å². The average Bonchev–Trinajstić information content (AvgIpc) is 2.48. The van der Waals surface area contributed by atoms with Gasteiger partial charge in [-0.1, -0.05) is 6.07 Å². The molecule has 1 fully saturated rings. The minimum Gasteiger partial charge on any atom is -0.335 e. The van der Waals surface area contributed by atoms with Crippen molar-refractivity contribution in [2.75, 3.05) is 25.9 Å². The van der Waals surface area contributed by atoms with Crippen LogP contribution in [-0.4, -0.2) is 51.2 Å². The molecule has 1 heterocycles. The summed E-state index contributed by atoms with van der Waals surface area (Å²) in [4.78, 5) is 14.7.